The van der Waals surface area contributed by atoms with Crippen LogP contribution in [0.5, 0.6) is 11.5 Å². The number of nitrogens with one attached hydrogen (secondary N) is 4. The van der Waals surface area contributed by atoms with E-state index in [4.69, 9.17) is 10.5 Å². The molecule has 2 aliphatic rings. The molecule has 1 aliphatic heterocycles. The summed E-state index contributed by atoms with van der Waals surface area (Å²) >= 11 is 0. The van der Waals surface area contributed by atoms with E-state index in [1.807, 2.05) is 54.6 Å². The van der Waals surface area contributed by atoms with Crippen LogP contribution in [0.2, 0.25) is 0 Å². The Morgan fingerprint density at radius 1 is 1.09 bits per heavy atom. The number of carbonyl (C=O) groups is 1. The van der Waals surface area contributed by atoms with Gasteiger partial charge in [0.25, 0.3) is 0 Å². The van der Waals surface area contributed by atoms with Crippen LogP contribution in [0, 0.1) is 0 Å². The van der Waals surface area contributed by atoms with Gasteiger partial charge in [0.05, 0.1) is 6.04 Å². The van der Waals surface area contributed by atoms with Crippen LogP contribution in [-0.2, 0) is 4.79 Å². The molecule has 1 unspecified atom stereocenters. The fourth-order valence-electron chi connectivity index (χ4n) is 2.67. The van der Waals surface area contributed by atoms with Crippen molar-refractivity contribution in [2.75, 3.05) is 14.1 Å². The van der Waals surface area contributed by atoms with Crippen molar-refractivity contribution in [2.24, 2.45) is 10.7 Å². The first-order valence-corrected chi connectivity index (χ1v) is 11.0. The second-order valence-electron chi connectivity index (χ2n) is 7.26. The number of hydrogen-bond donors (Lipinski definition) is 5. The van der Waals surface area contributed by atoms with Gasteiger partial charge in [0.2, 0.25) is 5.91 Å². The van der Waals surface area contributed by atoms with Gasteiger partial charge in [-0.15, -0.1) is 5.53 Å². The van der Waals surface area contributed by atoms with Gasteiger partial charge in [-0.3, -0.25) is 15.2 Å². The van der Waals surface area contributed by atoms with E-state index in [-0.39, 0.29) is 11.9 Å². The number of amidine groups is 1. The van der Waals surface area contributed by atoms with E-state index >= 15 is 0 Å². The fraction of sp³-hybridized carbons (Fsp3) is 0.280. The molecule has 2 aromatic carbocycles. The summed E-state index contributed by atoms with van der Waals surface area (Å²) in [5.41, 5.74) is 16.8. The molecule has 0 saturated heterocycles. The molecule has 1 saturated carbocycles. The number of likely N-dealkylation sites (N-methyl/N-ethyl adjacent to an activating group) is 1. The molecule has 1 aliphatic carbocycles. The van der Waals surface area contributed by atoms with Crippen LogP contribution in [0.25, 0.3) is 0 Å². The number of ether oxygens (including phenoxy) is 1. The van der Waals surface area contributed by atoms with Crippen LogP contribution < -0.4 is 32.2 Å². The smallest absolute Gasteiger partial charge is 0.243 e. The molecule has 0 radical (unpaired) electrons. The topological polar surface area (TPSA) is 113 Å². The van der Waals surface area contributed by atoms with Crippen molar-refractivity contribution < 1.29 is 9.53 Å². The lowest BCUT2D eigenvalue weighted by atomic mass is 9.99. The lowest BCUT2D eigenvalue weighted by molar-refractivity contribution is -0.116. The summed E-state index contributed by atoms with van der Waals surface area (Å²) in [6.07, 6.45) is 9.03. The number of amides is 1. The molecule has 8 heteroatoms. The number of hydrogen-bond acceptors (Lipinski definition) is 6. The minimum absolute atomic E-state index is 0.144. The molecule has 1 amide bonds. The Kier molecular flexibility index (Phi) is 11.2. The molecule has 176 valence electrons. The van der Waals surface area contributed by atoms with Crippen molar-refractivity contribution in [3.63, 3.8) is 0 Å². The Hall–Kier alpha value is -3.62. The Labute approximate surface area is 196 Å². The molecular formula is C25H34N6O2. The Bertz CT molecular complexity index is 918. The molecule has 4 rings (SSSR count). The zero-order valence-corrected chi connectivity index (χ0v) is 19.3. The van der Waals surface area contributed by atoms with Crippen LogP contribution in [0.1, 0.15) is 37.3 Å². The molecule has 1 fully saturated rings. The van der Waals surface area contributed by atoms with E-state index in [9.17, 15) is 4.79 Å². The standard InChI is InChI=1S/C17H19N5O.C4H7NO.C4H8/c1-19-17-15(11-20-22-21-17)16(18)12-7-9-14(10-8-12)23-13-5-3-2-4-6-13;1-3-4(6)5-2;1-2-4-3-1/h2-11,16,20,22H,18H2,1H3,(H,19,21);3H,1H2,2H3,(H,5,6);1-4H2. The highest BCUT2D eigenvalue weighted by molar-refractivity contribution is 5.99. The van der Waals surface area contributed by atoms with Crippen LogP contribution in [-0.4, -0.2) is 25.8 Å². The molecule has 0 spiro atoms. The quantitative estimate of drug-likeness (QED) is 0.446. The Morgan fingerprint density at radius 2 is 1.70 bits per heavy atom. The third-order valence-corrected chi connectivity index (χ3v) is 4.96. The minimum atomic E-state index is -0.290. The normalized spacial score (nSPS) is 16.0. The molecule has 8 nitrogen and oxygen atoms in total. The van der Waals surface area contributed by atoms with Gasteiger partial charge in [0.1, 0.15) is 17.3 Å². The maximum Gasteiger partial charge on any atom is 0.243 e. The van der Waals surface area contributed by atoms with E-state index in [2.05, 4.69) is 33.3 Å². The number of rotatable bonds is 5. The number of para-hydroxylation sites is 1. The molecule has 1 heterocycles. The zero-order chi connectivity index (χ0) is 23.9. The number of benzene rings is 2. The summed E-state index contributed by atoms with van der Waals surface area (Å²) in [7, 11) is 3.27. The van der Waals surface area contributed by atoms with Gasteiger partial charge >= 0.3 is 0 Å². The fourth-order valence-corrected chi connectivity index (χ4v) is 2.67. The summed E-state index contributed by atoms with van der Waals surface area (Å²) in [5.74, 6) is 2.14. The summed E-state index contributed by atoms with van der Waals surface area (Å²) in [6.45, 7) is 3.22. The third kappa shape index (κ3) is 8.80. The molecular weight excluding hydrogens is 416 g/mol. The number of nitrogens with two attached hydrogens (primary N) is 1. The SMILES string of the molecule is C1CCC1.C=CC(=O)NC.CN=C1NNNC=C1C(N)c1ccc(Oc2ccccc2)cc1. The van der Waals surface area contributed by atoms with E-state index in [1.165, 1.54) is 31.8 Å². The van der Waals surface area contributed by atoms with E-state index < -0.39 is 0 Å². The number of nitrogens with zero attached hydrogens (tertiary/aromatic N) is 1. The predicted octanol–water partition coefficient (Wildman–Crippen LogP) is 3.48. The van der Waals surface area contributed by atoms with Crippen LogP contribution in [0.3, 0.4) is 0 Å². The molecule has 6 N–H and O–H groups in total. The zero-order valence-electron chi connectivity index (χ0n) is 19.3. The van der Waals surface area contributed by atoms with Crippen molar-refractivity contribution in [3.05, 3.63) is 84.6 Å². The Morgan fingerprint density at radius 3 is 2.18 bits per heavy atom. The van der Waals surface area contributed by atoms with Gasteiger partial charge in [-0.25, -0.2) is 0 Å². The summed E-state index contributed by atoms with van der Waals surface area (Å²) in [5, 5.41) is 2.36. The maximum absolute atomic E-state index is 9.95. The van der Waals surface area contributed by atoms with Crippen molar-refractivity contribution in [2.45, 2.75) is 31.7 Å². The van der Waals surface area contributed by atoms with E-state index in [0.29, 0.717) is 5.84 Å². The Balaban J connectivity index is 0.000000320. The minimum Gasteiger partial charge on any atom is -0.457 e. The highest BCUT2D eigenvalue weighted by Gasteiger charge is 2.19. The van der Waals surface area contributed by atoms with E-state index in [0.717, 1.165) is 22.6 Å². The maximum atomic E-state index is 9.95. The van der Waals surface area contributed by atoms with Gasteiger partial charge in [-0.05, 0) is 35.9 Å². The predicted molar refractivity (Wildman–Crippen MR) is 133 cm³/mol. The van der Waals surface area contributed by atoms with Gasteiger partial charge in [-0.2, -0.15) is 0 Å². The van der Waals surface area contributed by atoms with Crippen LogP contribution >= 0.6 is 0 Å². The van der Waals surface area contributed by atoms with Crippen molar-refractivity contribution in [1.82, 2.24) is 21.7 Å². The van der Waals surface area contributed by atoms with Gasteiger partial charge in [-0.1, -0.05) is 62.6 Å². The van der Waals surface area contributed by atoms with Gasteiger partial charge < -0.3 is 21.2 Å². The largest absolute Gasteiger partial charge is 0.457 e. The van der Waals surface area contributed by atoms with Crippen LogP contribution in [0.4, 0.5) is 0 Å². The van der Waals surface area contributed by atoms with Crippen molar-refractivity contribution in [1.29, 1.82) is 0 Å². The summed E-state index contributed by atoms with van der Waals surface area (Å²) in [6, 6.07) is 17.1. The summed E-state index contributed by atoms with van der Waals surface area (Å²) in [4.78, 5) is 14.1. The van der Waals surface area contributed by atoms with Gasteiger partial charge in [0.15, 0.2) is 0 Å². The first-order valence-electron chi connectivity index (χ1n) is 11.0. The highest BCUT2D eigenvalue weighted by Crippen LogP contribution is 2.25. The monoisotopic (exact) mass is 450 g/mol. The highest BCUT2D eigenvalue weighted by atomic mass is 16.5. The average Bonchev–Trinajstić information content (AvgIpc) is 2.83. The molecule has 0 aromatic heterocycles. The van der Waals surface area contributed by atoms with Crippen molar-refractivity contribution in [3.8, 4) is 11.5 Å². The molecule has 0 bridgehead atoms. The third-order valence-electron chi connectivity index (χ3n) is 4.96. The van der Waals surface area contributed by atoms with Crippen LogP contribution in [0.15, 0.2) is 84.0 Å². The first-order chi connectivity index (χ1) is 16.1. The lowest BCUT2D eigenvalue weighted by Gasteiger charge is -2.24. The molecule has 1 atom stereocenters. The molecule has 33 heavy (non-hydrogen) atoms. The number of aliphatic imine (C=N–C) groups is 1. The average molecular weight is 451 g/mol. The number of carbonyl (C=O) groups excluding carboxylic acids is 1. The lowest BCUT2D eigenvalue weighted by Crippen LogP contribution is -2.50. The second kappa shape index (κ2) is 14.4. The van der Waals surface area contributed by atoms with E-state index in [1.54, 1.807) is 20.3 Å². The first kappa shape index (κ1) is 25.6. The van der Waals surface area contributed by atoms with Crippen molar-refractivity contribution >= 4 is 11.7 Å². The van der Waals surface area contributed by atoms with Gasteiger partial charge in [0, 0.05) is 25.9 Å². The molecule has 2 aromatic rings. The number of hydrazine groups is 2. The second-order valence-corrected chi connectivity index (χ2v) is 7.26. The summed E-state index contributed by atoms with van der Waals surface area (Å²) < 4.78 is 5.79.